The third kappa shape index (κ3) is 5.01. The van der Waals surface area contributed by atoms with Gasteiger partial charge in [-0.15, -0.1) is 0 Å². The van der Waals surface area contributed by atoms with Gasteiger partial charge in [-0.25, -0.2) is 8.42 Å². The number of nitrogens with one attached hydrogen (secondary N) is 1. The van der Waals surface area contributed by atoms with Crippen LogP contribution < -0.4 is 10.2 Å². The first-order valence-corrected chi connectivity index (χ1v) is 12.8. The van der Waals surface area contributed by atoms with Crippen molar-refractivity contribution in [1.82, 2.24) is 4.31 Å². The van der Waals surface area contributed by atoms with E-state index < -0.39 is 20.9 Å². The Labute approximate surface area is 193 Å². The Morgan fingerprint density at radius 3 is 2.21 bits per heavy atom. The number of sulfonamides is 1. The zero-order valence-corrected chi connectivity index (χ0v) is 19.2. The van der Waals surface area contributed by atoms with Crippen molar-refractivity contribution in [3.63, 3.8) is 0 Å². The van der Waals surface area contributed by atoms with Gasteiger partial charge in [0.2, 0.25) is 10.0 Å². The highest BCUT2D eigenvalue weighted by molar-refractivity contribution is 7.89. The SMILES string of the molecule is O=C(Nc1cc(S(=O)(=O)N2CCCCC2)ccc1N1CCCCC1)c1ccccc1[N+](=O)[O-]. The first-order chi connectivity index (χ1) is 15.9. The Kier molecular flexibility index (Phi) is 6.94. The molecule has 1 amide bonds. The number of hydrogen-bond donors (Lipinski definition) is 1. The van der Waals surface area contributed by atoms with Gasteiger partial charge in [-0.3, -0.25) is 14.9 Å². The van der Waals surface area contributed by atoms with Crippen LogP contribution in [0.1, 0.15) is 48.9 Å². The lowest BCUT2D eigenvalue weighted by molar-refractivity contribution is -0.385. The van der Waals surface area contributed by atoms with E-state index in [2.05, 4.69) is 10.2 Å². The number of carbonyl (C=O) groups excluding carboxylic acids is 1. The van der Waals surface area contributed by atoms with E-state index in [0.717, 1.165) is 57.3 Å². The molecule has 33 heavy (non-hydrogen) atoms. The molecule has 0 atom stereocenters. The third-order valence-corrected chi connectivity index (χ3v) is 8.11. The maximum atomic E-state index is 13.2. The second-order valence-corrected chi connectivity index (χ2v) is 10.4. The van der Waals surface area contributed by atoms with E-state index in [0.29, 0.717) is 18.8 Å². The number of anilines is 2. The lowest BCUT2D eigenvalue weighted by atomic mass is 10.1. The Hall–Kier alpha value is -2.98. The highest BCUT2D eigenvalue weighted by Crippen LogP contribution is 2.33. The van der Waals surface area contributed by atoms with Gasteiger partial charge in [-0.1, -0.05) is 18.6 Å². The minimum atomic E-state index is -3.70. The molecule has 9 nitrogen and oxygen atoms in total. The Balaban J connectivity index is 1.71. The predicted molar refractivity (Wildman–Crippen MR) is 126 cm³/mol. The molecule has 2 aromatic rings. The molecule has 176 valence electrons. The van der Waals surface area contributed by atoms with Gasteiger partial charge in [-0.05, 0) is 56.4 Å². The molecule has 2 aliphatic heterocycles. The van der Waals surface area contributed by atoms with Crippen molar-refractivity contribution in [2.24, 2.45) is 0 Å². The van der Waals surface area contributed by atoms with Gasteiger partial charge in [0.25, 0.3) is 11.6 Å². The molecule has 10 heteroatoms. The molecule has 0 aliphatic carbocycles. The van der Waals surface area contributed by atoms with Gasteiger partial charge in [-0.2, -0.15) is 4.31 Å². The average Bonchev–Trinajstić information content (AvgIpc) is 2.85. The quantitative estimate of drug-likeness (QED) is 0.502. The molecule has 2 heterocycles. The number of rotatable bonds is 6. The van der Waals surface area contributed by atoms with Crippen LogP contribution in [-0.2, 0) is 10.0 Å². The smallest absolute Gasteiger partial charge is 0.282 e. The summed E-state index contributed by atoms with van der Waals surface area (Å²) in [6.45, 7) is 2.56. The number of carbonyl (C=O) groups is 1. The summed E-state index contributed by atoms with van der Waals surface area (Å²) >= 11 is 0. The maximum absolute atomic E-state index is 13.2. The van der Waals surface area contributed by atoms with E-state index in [1.54, 1.807) is 18.2 Å². The van der Waals surface area contributed by atoms with Crippen molar-refractivity contribution in [2.45, 2.75) is 43.4 Å². The summed E-state index contributed by atoms with van der Waals surface area (Å²) in [5, 5.41) is 14.2. The number of nitro groups is 1. The monoisotopic (exact) mass is 472 g/mol. The Bertz CT molecular complexity index is 1140. The summed E-state index contributed by atoms with van der Waals surface area (Å²) < 4.78 is 28.0. The van der Waals surface area contributed by atoms with Crippen LogP contribution in [0.3, 0.4) is 0 Å². The van der Waals surface area contributed by atoms with Crippen molar-refractivity contribution in [3.8, 4) is 0 Å². The largest absolute Gasteiger partial charge is 0.370 e. The minimum Gasteiger partial charge on any atom is -0.370 e. The number of nitro benzene ring substituents is 1. The topological polar surface area (TPSA) is 113 Å². The normalized spacial score (nSPS) is 17.5. The number of amides is 1. The molecule has 0 aromatic heterocycles. The highest BCUT2D eigenvalue weighted by atomic mass is 32.2. The van der Waals surface area contributed by atoms with Crippen molar-refractivity contribution in [2.75, 3.05) is 36.4 Å². The van der Waals surface area contributed by atoms with Gasteiger partial charge in [0.15, 0.2) is 0 Å². The van der Waals surface area contributed by atoms with Crippen molar-refractivity contribution in [1.29, 1.82) is 0 Å². The fourth-order valence-corrected chi connectivity index (χ4v) is 6.00. The fraction of sp³-hybridized carbons (Fsp3) is 0.435. The first-order valence-electron chi connectivity index (χ1n) is 11.3. The molecular formula is C23H28N4O5S. The van der Waals surface area contributed by atoms with E-state index in [-0.39, 0.29) is 16.1 Å². The molecule has 4 rings (SSSR count). The maximum Gasteiger partial charge on any atom is 0.282 e. The van der Waals surface area contributed by atoms with Crippen molar-refractivity contribution < 1.29 is 18.1 Å². The van der Waals surface area contributed by atoms with E-state index in [1.807, 2.05) is 0 Å². The molecular weight excluding hydrogens is 444 g/mol. The number of para-hydroxylation sites is 1. The molecule has 2 saturated heterocycles. The first kappa shape index (κ1) is 23.2. The molecule has 1 N–H and O–H groups in total. The summed E-state index contributed by atoms with van der Waals surface area (Å²) in [7, 11) is -3.70. The summed E-state index contributed by atoms with van der Waals surface area (Å²) in [6.07, 6.45) is 5.79. The lowest BCUT2D eigenvalue weighted by Gasteiger charge is -2.31. The van der Waals surface area contributed by atoms with Crippen LogP contribution in [0, 0.1) is 10.1 Å². The highest BCUT2D eigenvalue weighted by Gasteiger charge is 2.28. The molecule has 2 fully saturated rings. The van der Waals surface area contributed by atoms with Crippen LogP contribution in [0.4, 0.5) is 17.1 Å². The number of hydrogen-bond acceptors (Lipinski definition) is 6. The van der Waals surface area contributed by atoms with Gasteiger partial charge >= 0.3 is 0 Å². The predicted octanol–water partition coefficient (Wildman–Crippen LogP) is 4.01. The van der Waals surface area contributed by atoms with Crippen LogP contribution >= 0.6 is 0 Å². The average molecular weight is 473 g/mol. The van der Waals surface area contributed by atoms with Crippen LogP contribution in [0.2, 0.25) is 0 Å². The molecule has 0 saturated carbocycles. The van der Waals surface area contributed by atoms with E-state index in [4.69, 9.17) is 0 Å². The van der Waals surface area contributed by atoms with E-state index >= 15 is 0 Å². The van der Waals surface area contributed by atoms with Gasteiger partial charge < -0.3 is 10.2 Å². The van der Waals surface area contributed by atoms with Crippen molar-refractivity contribution in [3.05, 3.63) is 58.1 Å². The molecule has 2 aromatic carbocycles. The third-order valence-electron chi connectivity index (χ3n) is 6.21. The summed E-state index contributed by atoms with van der Waals surface area (Å²) in [4.78, 5) is 26.1. The molecule has 0 unspecified atom stereocenters. The molecule has 2 aliphatic rings. The zero-order valence-electron chi connectivity index (χ0n) is 18.4. The van der Waals surface area contributed by atoms with Gasteiger partial charge in [0.1, 0.15) is 5.56 Å². The van der Waals surface area contributed by atoms with Gasteiger partial charge in [0, 0.05) is 32.2 Å². The van der Waals surface area contributed by atoms with Crippen molar-refractivity contribution >= 4 is 33.0 Å². The Morgan fingerprint density at radius 1 is 0.909 bits per heavy atom. The van der Waals surface area contributed by atoms with E-state index in [9.17, 15) is 23.3 Å². The van der Waals surface area contributed by atoms with Gasteiger partial charge in [0.05, 0.1) is 21.2 Å². The standard InChI is InChI=1S/C23H28N4O5S/c28-23(19-9-3-4-10-21(19)27(29)30)24-20-17-18(33(31,32)26-15-7-2-8-16-26)11-12-22(20)25-13-5-1-6-14-25/h3-4,9-12,17H,1-2,5-8,13-16H2,(H,24,28). The number of piperidine rings is 2. The molecule has 0 spiro atoms. The fourth-order valence-electron chi connectivity index (χ4n) is 4.46. The second-order valence-electron chi connectivity index (χ2n) is 8.42. The molecule has 0 bridgehead atoms. The summed E-state index contributed by atoms with van der Waals surface area (Å²) in [6, 6.07) is 10.5. The second kappa shape index (κ2) is 9.88. The minimum absolute atomic E-state index is 0.0728. The lowest BCUT2D eigenvalue weighted by Crippen LogP contribution is -2.36. The summed E-state index contributed by atoms with van der Waals surface area (Å²) in [5.41, 5.74) is 0.695. The zero-order chi connectivity index (χ0) is 23.4. The Morgan fingerprint density at radius 2 is 1.55 bits per heavy atom. The molecule has 0 radical (unpaired) electrons. The van der Waals surface area contributed by atoms with Crippen LogP contribution in [0.15, 0.2) is 47.4 Å². The van der Waals surface area contributed by atoms with E-state index in [1.165, 1.54) is 28.6 Å². The van der Waals surface area contributed by atoms with Crippen LogP contribution in [0.5, 0.6) is 0 Å². The van der Waals surface area contributed by atoms with Crippen LogP contribution in [0.25, 0.3) is 0 Å². The number of benzene rings is 2. The van der Waals surface area contributed by atoms with Crippen LogP contribution in [-0.4, -0.2) is 49.7 Å². The summed E-state index contributed by atoms with van der Waals surface area (Å²) in [5.74, 6) is -0.645. The number of nitrogens with zero attached hydrogens (tertiary/aromatic N) is 3.